The molecule has 1 atom stereocenters. The summed E-state index contributed by atoms with van der Waals surface area (Å²) >= 11 is 0. The van der Waals surface area contributed by atoms with Crippen LogP contribution in [0.4, 0.5) is 0 Å². The van der Waals surface area contributed by atoms with E-state index in [1.807, 2.05) is 6.20 Å². The van der Waals surface area contributed by atoms with Gasteiger partial charge in [0, 0.05) is 18.1 Å². The first-order valence-corrected chi connectivity index (χ1v) is 4.37. The molecule has 2 aliphatic rings. The molecule has 1 N–H and O–H groups in total. The molecule has 0 aromatic carbocycles. The Morgan fingerprint density at radius 3 is 2.83 bits per heavy atom. The molecule has 2 heteroatoms. The van der Waals surface area contributed by atoms with Gasteiger partial charge in [-0.1, -0.05) is 12.2 Å². The second kappa shape index (κ2) is 2.70. The molecule has 0 fully saturated rings. The maximum atomic E-state index is 3.24. The molecule has 0 unspecified atom stereocenters. The molecule has 2 nitrogen and oxygen atoms in total. The van der Waals surface area contributed by atoms with E-state index in [1.165, 1.54) is 11.3 Å². The molecule has 0 amide bonds. The summed E-state index contributed by atoms with van der Waals surface area (Å²) in [6.45, 7) is 4.32. The van der Waals surface area contributed by atoms with Gasteiger partial charge in [0.2, 0.25) is 0 Å². The third kappa shape index (κ3) is 1.04. The molecular weight excluding hydrogens is 148 g/mol. The normalized spacial score (nSPS) is 27.2. The lowest BCUT2D eigenvalue weighted by Crippen LogP contribution is -2.31. The van der Waals surface area contributed by atoms with Crippen LogP contribution in [-0.4, -0.2) is 11.1 Å². The first-order valence-electron chi connectivity index (χ1n) is 4.37. The van der Waals surface area contributed by atoms with Crippen LogP contribution in [0.1, 0.15) is 20.3 Å². The van der Waals surface area contributed by atoms with Gasteiger partial charge < -0.3 is 10.2 Å². The minimum atomic E-state index is 0.401. The average molecular weight is 162 g/mol. The maximum Gasteiger partial charge on any atom is 0.1000 e. The van der Waals surface area contributed by atoms with Crippen molar-refractivity contribution in [1.82, 2.24) is 10.2 Å². The van der Waals surface area contributed by atoms with Crippen LogP contribution in [0.3, 0.4) is 0 Å². The Hall–Kier alpha value is -1.18. The van der Waals surface area contributed by atoms with Crippen LogP contribution in [-0.2, 0) is 0 Å². The predicted molar refractivity (Wildman–Crippen MR) is 50.0 cm³/mol. The molecule has 0 spiro atoms. The van der Waals surface area contributed by atoms with Gasteiger partial charge in [0.25, 0.3) is 0 Å². The highest BCUT2D eigenvalue weighted by atomic mass is 15.3. The smallest absolute Gasteiger partial charge is 0.1000 e. The van der Waals surface area contributed by atoms with Crippen LogP contribution in [0.15, 0.2) is 35.8 Å². The van der Waals surface area contributed by atoms with Crippen molar-refractivity contribution in [3.05, 3.63) is 35.8 Å². The minimum absolute atomic E-state index is 0.401. The molecule has 1 aliphatic carbocycles. The number of nitrogens with one attached hydrogen (secondary N) is 1. The van der Waals surface area contributed by atoms with E-state index in [0.717, 1.165) is 6.42 Å². The number of nitrogens with zero attached hydrogens (tertiary/aromatic N) is 1. The predicted octanol–water partition coefficient (Wildman–Crippen LogP) is 1.94. The topological polar surface area (TPSA) is 15.3 Å². The zero-order valence-electron chi connectivity index (χ0n) is 7.54. The van der Waals surface area contributed by atoms with Gasteiger partial charge in [-0.15, -0.1) is 0 Å². The van der Waals surface area contributed by atoms with E-state index in [4.69, 9.17) is 0 Å². The lowest BCUT2D eigenvalue weighted by atomic mass is 10.2. The highest BCUT2D eigenvalue weighted by molar-refractivity contribution is 5.36. The van der Waals surface area contributed by atoms with Crippen molar-refractivity contribution in [2.75, 3.05) is 0 Å². The van der Waals surface area contributed by atoms with Crippen molar-refractivity contribution in [3.8, 4) is 0 Å². The Bertz CT molecular complexity index is 274. The first-order chi connectivity index (χ1) is 5.79. The molecule has 1 aliphatic heterocycles. The van der Waals surface area contributed by atoms with Crippen LogP contribution >= 0.6 is 0 Å². The Morgan fingerprint density at radius 2 is 2.33 bits per heavy atom. The zero-order chi connectivity index (χ0) is 8.55. The molecule has 0 bridgehead atoms. The molecule has 0 aromatic rings. The zero-order valence-corrected chi connectivity index (χ0v) is 7.54. The Labute approximate surface area is 73.3 Å². The summed E-state index contributed by atoms with van der Waals surface area (Å²) in [5, 5.41) is 3.24. The van der Waals surface area contributed by atoms with Crippen molar-refractivity contribution in [1.29, 1.82) is 0 Å². The molecule has 1 heterocycles. The highest BCUT2D eigenvalue weighted by Gasteiger charge is 2.19. The highest BCUT2D eigenvalue weighted by Crippen LogP contribution is 2.25. The number of rotatable bonds is 1. The van der Waals surface area contributed by atoms with Crippen LogP contribution < -0.4 is 5.32 Å². The summed E-state index contributed by atoms with van der Waals surface area (Å²) in [7, 11) is 0. The van der Waals surface area contributed by atoms with E-state index in [-0.39, 0.29) is 0 Å². The summed E-state index contributed by atoms with van der Waals surface area (Å²) in [6, 6.07) is 0. The molecule has 12 heavy (non-hydrogen) atoms. The molecule has 0 saturated carbocycles. The second-order valence-electron chi connectivity index (χ2n) is 3.28. The van der Waals surface area contributed by atoms with Gasteiger partial charge in [0.05, 0.1) is 6.17 Å². The van der Waals surface area contributed by atoms with E-state index in [0.29, 0.717) is 6.17 Å². The quantitative estimate of drug-likeness (QED) is 0.634. The van der Waals surface area contributed by atoms with Gasteiger partial charge in [0.15, 0.2) is 0 Å². The summed E-state index contributed by atoms with van der Waals surface area (Å²) in [5.41, 5.74) is 2.74. The fourth-order valence-electron chi connectivity index (χ4n) is 1.68. The van der Waals surface area contributed by atoms with Gasteiger partial charge in [-0.25, -0.2) is 0 Å². The van der Waals surface area contributed by atoms with Gasteiger partial charge >= 0.3 is 0 Å². The van der Waals surface area contributed by atoms with Crippen LogP contribution in [0, 0.1) is 0 Å². The molecule has 0 radical (unpaired) electrons. The van der Waals surface area contributed by atoms with Gasteiger partial charge in [-0.05, 0) is 25.8 Å². The summed E-state index contributed by atoms with van der Waals surface area (Å²) in [6.07, 6.45) is 10.1. The van der Waals surface area contributed by atoms with E-state index in [9.17, 15) is 0 Å². The fraction of sp³-hybridized carbons (Fsp3) is 0.400. The lowest BCUT2D eigenvalue weighted by molar-refractivity contribution is 0.370. The number of hydrogen-bond donors (Lipinski definition) is 1. The standard InChI is InChI=1S/C10H14N2/c1-8-4-3-5-10(8)12-7-6-11-9(12)2/h4-7,9,11H,3H2,1-2H3/t9-/m0/s1. The largest absolute Gasteiger partial charge is 0.370 e. The molecule has 64 valence electrons. The number of hydrogen-bond acceptors (Lipinski definition) is 2. The fourth-order valence-corrected chi connectivity index (χ4v) is 1.68. The van der Waals surface area contributed by atoms with E-state index < -0.39 is 0 Å². The monoisotopic (exact) mass is 162 g/mol. The minimum Gasteiger partial charge on any atom is -0.370 e. The number of allylic oxidation sites excluding steroid dienone is 3. The third-order valence-corrected chi connectivity index (χ3v) is 2.41. The van der Waals surface area contributed by atoms with E-state index in [2.05, 4.69) is 42.4 Å². The SMILES string of the molecule is CC1=CCC=C1N1C=CN[C@@H]1C. The average Bonchev–Trinajstić information content (AvgIpc) is 2.59. The Kier molecular flexibility index (Phi) is 1.68. The third-order valence-electron chi connectivity index (χ3n) is 2.41. The van der Waals surface area contributed by atoms with Crippen LogP contribution in [0.2, 0.25) is 0 Å². The van der Waals surface area contributed by atoms with Crippen molar-refractivity contribution in [2.24, 2.45) is 0 Å². The summed E-state index contributed by atoms with van der Waals surface area (Å²) in [4.78, 5) is 2.26. The van der Waals surface area contributed by atoms with Crippen molar-refractivity contribution in [3.63, 3.8) is 0 Å². The van der Waals surface area contributed by atoms with Gasteiger partial charge in [-0.2, -0.15) is 0 Å². The molecular formula is C10H14N2. The van der Waals surface area contributed by atoms with E-state index >= 15 is 0 Å². The summed E-state index contributed by atoms with van der Waals surface area (Å²) in [5.74, 6) is 0. The van der Waals surface area contributed by atoms with Crippen LogP contribution in [0.25, 0.3) is 0 Å². The van der Waals surface area contributed by atoms with Crippen molar-refractivity contribution < 1.29 is 0 Å². The molecule has 0 aromatic heterocycles. The first kappa shape index (κ1) is 7.47. The van der Waals surface area contributed by atoms with Crippen molar-refractivity contribution >= 4 is 0 Å². The van der Waals surface area contributed by atoms with E-state index in [1.54, 1.807) is 0 Å². The lowest BCUT2D eigenvalue weighted by Gasteiger charge is -2.24. The second-order valence-corrected chi connectivity index (χ2v) is 3.28. The molecule has 2 rings (SSSR count). The molecule has 0 saturated heterocycles. The van der Waals surface area contributed by atoms with Gasteiger partial charge in [0.1, 0.15) is 0 Å². The summed E-state index contributed by atoms with van der Waals surface area (Å²) < 4.78 is 0. The van der Waals surface area contributed by atoms with Crippen LogP contribution in [0.5, 0.6) is 0 Å². The Balaban J connectivity index is 2.20. The van der Waals surface area contributed by atoms with Crippen molar-refractivity contribution in [2.45, 2.75) is 26.4 Å². The maximum absolute atomic E-state index is 3.24. The van der Waals surface area contributed by atoms with Gasteiger partial charge in [-0.3, -0.25) is 0 Å². The Morgan fingerprint density at radius 1 is 1.50 bits per heavy atom.